The van der Waals surface area contributed by atoms with Crippen LogP contribution in [0.15, 0.2) is 0 Å². The Morgan fingerprint density at radius 1 is 0.731 bits per heavy atom. The highest BCUT2D eigenvalue weighted by atomic mass is 32.2. The van der Waals surface area contributed by atoms with Gasteiger partial charge in [0.25, 0.3) is 40.5 Å². The molecule has 0 fully saturated rings. The van der Waals surface area contributed by atoms with Crippen LogP contribution in [0, 0.1) is 0 Å². The largest absolute Gasteiger partial charge is 0.285 e. The van der Waals surface area contributed by atoms with Gasteiger partial charge in [0, 0.05) is 0 Å². The lowest BCUT2D eigenvalue weighted by Crippen LogP contribution is -2.68. The minimum Gasteiger partial charge on any atom is -0.285 e. The third kappa shape index (κ3) is 4.92. The van der Waals surface area contributed by atoms with Gasteiger partial charge in [-0.25, -0.2) is 0 Å². The molecular formula is C10H22O12S4. The van der Waals surface area contributed by atoms with Gasteiger partial charge in [-0.05, 0) is 27.2 Å². The van der Waals surface area contributed by atoms with E-state index in [-0.39, 0.29) is 6.42 Å². The zero-order chi connectivity index (χ0) is 21.4. The molecule has 0 aliphatic carbocycles. The molecule has 0 aromatic carbocycles. The van der Waals surface area contributed by atoms with E-state index in [4.69, 9.17) is 0 Å². The van der Waals surface area contributed by atoms with Gasteiger partial charge in [-0.3, -0.25) is 17.8 Å². The van der Waals surface area contributed by atoms with Gasteiger partial charge in [-0.1, -0.05) is 6.92 Å². The Bertz CT molecular complexity index is 819. The van der Waals surface area contributed by atoms with E-state index < -0.39 is 67.6 Å². The zero-order valence-corrected chi connectivity index (χ0v) is 17.6. The average molecular weight is 463 g/mol. The molecule has 0 radical (unpaired) electrons. The van der Waals surface area contributed by atoms with E-state index in [9.17, 15) is 47.3 Å². The van der Waals surface area contributed by atoms with Crippen molar-refractivity contribution in [2.75, 3.05) is 6.61 Å². The number of rotatable bonds is 10. The van der Waals surface area contributed by atoms with E-state index >= 15 is 0 Å². The predicted octanol–water partition coefficient (Wildman–Crippen LogP) is -0.689. The van der Waals surface area contributed by atoms with Crippen LogP contribution >= 0.6 is 0 Å². The third-order valence-electron chi connectivity index (χ3n) is 4.12. The van der Waals surface area contributed by atoms with Crippen LogP contribution in [0.4, 0.5) is 0 Å². The highest BCUT2D eigenvalue weighted by molar-refractivity contribution is 7.95. The van der Waals surface area contributed by atoms with Gasteiger partial charge in [0.05, 0.1) is 6.61 Å². The highest BCUT2D eigenvalue weighted by Gasteiger charge is 2.67. The van der Waals surface area contributed by atoms with Crippen molar-refractivity contribution in [3.05, 3.63) is 0 Å². The molecule has 26 heavy (non-hydrogen) atoms. The van der Waals surface area contributed by atoms with Gasteiger partial charge in [0.15, 0.2) is 4.75 Å². The molecule has 16 heteroatoms. The second kappa shape index (κ2) is 7.94. The Balaban J connectivity index is 7.41. The summed E-state index contributed by atoms with van der Waals surface area (Å²) >= 11 is 0. The first-order valence-corrected chi connectivity index (χ1v) is 13.0. The fourth-order valence-electron chi connectivity index (χ4n) is 2.59. The Hall–Kier alpha value is -0.360. The standard InChI is InChI=1S/C10H22O12S4/c1-5-6-22-26(20,21)10(7(2)23(11,12)13,8(3)24(14,15)16)9(4)25(17,18)19/h7-9H,5-6H2,1-4H3,(H,11,12,13)(H,14,15,16)(H,17,18,19). The Kier molecular flexibility index (Phi) is 7.83. The van der Waals surface area contributed by atoms with Gasteiger partial charge in [0.1, 0.15) is 15.7 Å². The lowest BCUT2D eigenvalue weighted by atomic mass is 9.97. The molecule has 0 rings (SSSR count). The van der Waals surface area contributed by atoms with Crippen molar-refractivity contribution in [2.24, 2.45) is 0 Å². The Morgan fingerprint density at radius 3 is 1.19 bits per heavy atom. The molecule has 3 unspecified atom stereocenters. The smallest absolute Gasteiger partial charge is 0.277 e. The van der Waals surface area contributed by atoms with Gasteiger partial charge < -0.3 is 0 Å². The average Bonchev–Trinajstić information content (AvgIpc) is 2.42. The van der Waals surface area contributed by atoms with E-state index in [0.717, 1.165) is 0 Å². The summed E-state index contributed by atoms with van der Waals surface area (Å²) in [5, 5.41) is -7.86. The van der Waals surface area contributed by atoms with Crippen molar-refractivity contribution in [2.45, 2.75) is 54.6 Å². The molecule has 158 valence electrons. The molecule has 3 N–H and O–H groups in total. The molecular weight excluding hydrogens is 440 g/mol. The van der Waals surface area contributed by atoms with Gasteiger partial charge in [-0.2, -0.15) is 33.7 Å². The maximum absolute atomic E-state index is 12.7. The monoisotopic (exact) mass is 462 g/mol. The Labute approximate surface area is 153 Å². The molecule has 0 spiro atoms. The van der Waals surface area contributed by atoms with Crippen LogP contribution < -0.4 is 0 Å². The maximum Gasteiger partial charge on any atom is 0.277 e. The van der Waals surface area contributed by atoms with E-state index in [1.165, 1.54) is 6.92 Å². The zero-order valence-electron chi connectivity index (χ0n) is 14.3. The SMILES string of the molecule is CCCOS(=O)(=O)C(C(C)S(=O)(=O)O)(C(C)S(=O)(=O)O)C(C)S(=O)(=O)O. The van der Waals surface area contributed by atoms with E-state index in [1.54, 1.807) is 0 Å². The molecule has 0 saturated carbocycles. The lowest BCUT2D eigenvalue weighted by molar-refractivity contribution is 0.282. The highest BCUT2D eigenvalue weighted by Crippen LogP contribution is 2.40. The molecule has 3 atom stereocenters. The van der Waals surface area contributed by atoms with E-state index in [1.807, 2.05) is 0 Å². The van der Waals surface area contributed by atoms with Crippen LogP contribution in [0.5, 0.6) is 0 Å². The Morgan fingerprint density at radius 2 is 1.00 bits per heavy atom. The number of hydrogen-bond donors (Lipinski definition) is 3. The molecule has 0 aliphatic heterocycles. The number of hydrogen-bond acceptors (Lipinski definition) is 9. The molecule has 0 aromatic heterocycles. The van der Waals surface area contributed by atoms with Crippen LogP contribution in [0.25, 0.3) is 0 Å². The first-order valence-electron chi connectivity index (χ1n) is 7.05. The topological polar surface area (TPSA) is 206 Å². The van der Waals surface area contributed by atoms with E-state index in [2.05, 4.69) is 4.18 Å². The van der Waals surface area contributed by atoms with Gasteiger partial charge in [0.2, 0.25) is 0 Å². The normalized spacial score (nSPS) is 20.1. The van der Waals surface area contributed by atoms with Crippen molar-refractivity contribution < 1.29 is 51.5 Å². The van der Waals surface area contributed by atoms with Crippen molar-refractivity contribution in [1.82, 2.24) is 0 Å². The summed E-state index contributed by atoms with van der Waals surface area (Å²) in [6, 6.07) is 0. The maximum atomic E-state index is 12.7. The molecule has 0 aliphatic rings. The van der Waals surface area contributed by atoms with Crippen molar-refractivity contribution in [1.29, 1.82) is 0 Å². The summed E-state index contributed by atoms with van der Waals surface area (Å²) in [4.78, 5) is 0. The fraction of sp³-hybridized carbons (Fsp3) is 1.00. The van der Waals surface area contributed by atoms with Gasteiger partial charge in [-0.15, -0.1) is 0 Å². The lowest BCUT2D eigenvalue weighted by Gasteiger charge is -2.41. The predicted molar refractivity (Wildman–Crippen MR) is 90.9 cm³/mol. The second-order valence-electron chi connectivity index (χ2n) is 5.60. The van der Waals surface area contributed by atoms with E-state index in [0.29, 0.717) is 20.8 Å². The summed E-state index contributed by atoms with van der Waals surface area (Å²) in [6.45, 7) is 2.42. The summed E-state index contributed by atoms with van der Waals surface area (Å²) < 4.78 is 124. The molecule has 0 heterocycles. The van der Waals surface area contributed by atoms with Crippen molar-refractivity contribution >= 4 is 40.5 Å². The summed E-state index contributed by atoms with van der Waals surface area (Å²) in [5.74, 6) is 0. The fourth-order valence-corrected chi connectivity index (χ4v) is 9.44. The van der Waals surface area contributed by atoms with Crippen LogP contribution in [0.1, 0.15) is 34.1 Å². The van der Waals surface area contributed by atoms with Crippen LogP contribution in [-0.4, -0.2) is 74.4 Å². The minimum absolute atomic E-state index is 0.0517. The molecule has 0 amide bonds. The molecule has 0 bridgehead atoms. The van der Waals surface area contributed by atoms with Crippen LogP contribution in [0.3, 0.4) is 0 Å². The van der Waals surface area contributed by atoms with Gasteiger partial charge >= 0.3 is 0 Å². The summed E-state index contributed by atoms with van der Waals surface area (Å²) in [6.07, 6.45) is 0.0517. The van der Waals surface area contributed by atoms with Crippen LogP contribution in [-0.2, 0) is 44.7 Å². The first-order chi connectivity index (χ1) is 11.3. The molecule has 0 aromatic rings. The first kappa shape index (κ1) is 25.6. The quantitative estimate of drug-likeness (QED) is 0.272. The third-order valence-corrected chi connectivity index (χ3v) is 10.8. The minimum atomic E-state index is -5.41. The van der Waals surface area contributed by atoms with Crippen molar-refractivity contribution in [3.8, 4) is 0 Å². The second-order valence-corrected chi connectivity index (χ2v) is 12.7. The van der Waals surface area contributed by atoms with Crippen molar-refractivity contribution in [3.63, 3.8) is 0 Å². The molecule has 0 saturated heterocycles. The summed E-state index contributed by atoms with van der Waals surface area (Å²) in [7, 11) is -21.6. The van der Waals surface area contributed by atoms with Crippen LogP contribution in [0.2, 0.25) is 0 Å². The molecule has 12 nitrogen and oxygen atoms in total. The summed E-state index contributed by atoms with van der Waals surface area (Å²) in [5.41, 5.74) is 0.